The smallest absolute Gasteiger partial charge is 0.329 e. The average Bonchev–Trinajstić information content (AvgIpc) is 2.96. The molecule has 1 aliphatic heterocycles. The Morgan fingerprint density at radius 3 is 3.00 bits per heavy atom. The second kappa shape index (κ2) is 5.87. The zero-order chi connectivity index (χ0) is 15.7. The summed E-state index contributed by atoms with van der Waals surface area (Å²) in [4.78, 5) is 22.4. The molecular formula is C16H18FN3O2. The molecule has 116 valence electrons. The van der Waals surface area contributed by atoms with Crippen molar-refractivity contribution in [3.05, 3.63) is 30.3 Å². The Morgan fingerprint density at radius 1 is 1.41 bits per heavy atom. The van der Waals surface area contributed by atoms with Gasteiger partial charge in [-0.05, 0) is 38.8 Å². The molecule has 1 aromatic carbocycles. The summed E-state index contributed by atoms with van der Waals surface area (Å²) in [7, 11) is 0. The van der Waals surface area contributed by atoms with Crippen LogP contribution in [0.1, 0.15) is 26.7 Å². The van der Waals surface area contributed by atoms with Crippen LogP contribution in [-0.4, -0.2) is 34.6 Å². The summed E-state index contributed by atoms with van der Waals surface area (Å²) >= 11 is 0. The van der Waals surface area contributed by atoms with E-state index in [1.165, 1.54) is 12.4 Å². The SMILES string of the molecule is CC(C)OC(=O)[C@@H]1CCCN1c1ncnc2c(F)cccc12. The van der Waals surface area contributed by atoms with E-state index in [-0.39, 0.29) is 29.4 Å². The lowest BCUT2D eigenvalue weighted by Gasteiger charge is -2.25. The van der Waals surface area contributed by atoms with E-state index in [1.807, 2.05) is 18.7 Å². The molecule has 2 aromatic rings. The second-order valence-corrected chi connectivity index (χ2v) is 5.67. The van der Waals surface area contributed by atoms with Crippen LogP contribution in [0, 0.1) is 5.82 Å². The number of carbonyl (C=O) groups excluding carboxylic acids is 1. The van der Waals surface area contributed by atoms with Crippen molar-refractivity contribution in [1.82, 2.24) is 9.97 Å². The summed E-state index contributed by atoms with van der Waals surface area (Å²) < 4.78 is 19.2. The van der Waals surface area contributed by atoms with Crippen molar-refractivity contribution in [3.63, 3.8) is 0 Å². The molecule has 0 spiro atoms. The molecule has 0 N–H and O–H groups in total. The summed E-state index contributed by atoms with van der Waals surface area (Å²) in [6, 6.07) is 4.40. The number of halogens is 1. The van der Waals surface area contributed by atoms with Crippen molar-refractivity contribution >= 4 is 22.7 Å². The molecule has 1 atom stereocenters. The predicted molar refractivity (Wildman–Crippen MR) is 81.1 cm³/mol. The van der Waals surface area contributed by atoms with Crippen molar-refractivity contribution in [2.45, 2.75) is 38.8 Å². The van der Waals surface area contributed by atoms with E-state index in [9.17, 15) is 9.18 Å². The number of para-hydroxylation sites is 1. The van der Waals surface area contributed by atoms with Crippen LogP contribution in [0.2, 0.25) is 0 Å². The fraction of sp³-hybridized carbons (Fsp3) is 0.438. The second-order valence-electron chi connectivity index (χ2n) is 5.67. The normalized spacial score (nSPS) is 18.2. The fourth-order valence-corrected chi connectivity index (χ4v) is 2.84. The number of hydrogen-bond donors (Lipinski definition) is 0. The zero-order valence-corrected chi connectivity index (χ0v) is 12.6. The molecule has 0 unspecified atom stereocenters. The molecule has 22 heavy (non-hydrogen) atoms. The molecule has 1 aliphatic rings. The van der Waals surface area contributed by atoms with Gasteiger partial charge in [-0.25, -0.2) is 19.2 Å². The highest BCUT2D eigenvalue weighted by molar-refractivity contribution is 5.92. The van der Waals surface area contributed by atoms with Gasteiger partial charge >= 0.3 is 5.97 Å². The van der Waals surface area contributed by atoms with E-state index in [1.54, 1.807) is 12.1 Å². The van der Waals surface area contributed by atoms with Crippen molar-refractivity contribution in [1.29, 1.82) is 0 Å². The number of carbonyl (C=O) groups is 1. The third kappa shape index (κ3) is 2.61. The minimum atomic E-state index is -0.387. The number of esters is 1. The monoisotopic (exact) mass is 303 g/mol. The Labute approximate surface area is 128 Å². The minimum Gasteiger partial charge on any atom is -0.461 e. The topological polar surface area (TPSA) is 55.3 Å². The van der Waals surface area contributed by atoms with Crippen LogP contribution >= 0.6 is 0 Å². The van der Waals surface area contributed by atoms with Gasteiger partial charge < -0.3 is 9.64 Å². The molecule has 0 aliphatic carbocycles. The van der Waals surface area contributed by atoms with Gasteiger partial charge in [0.15, 0.2) is 0 Å². The largest absolute Gasteiger partial charge is 0.461 e. The highest BCUT2D eigenvalue weighted by atomic mass is 19.1. The van der Waals surface area contributed by atoms with Gasteiger partial charge in [0, 0.05) is 11.9 Å². The van der Waals surface area contributed by atoms with Gasteiger partial charge in [-0.15, -0.1) is 0 Å². The van der Waals surface area contributed by atoms with Crippen LogP contribution in [0.15, 0.2) is 24.5 Å². The molecule has 1 fully saturated rings. The van der Waals surface area contributed by atoms with Crippen LogP contribution in [0.3, 0.4) is 0 Å². The molecule has 2 heterocycles. The Hall–Kier alpha value is -2.24. The van der Waals surface area contributed by atoms with Gasteiger partial charge in [0.2, 0.25) is 0 Å². The first-order valence-corrected chi connectivity index (χ1v) is 7.44. The first-order valence-electron chi connectivity index (χ1n) is 7.44. The van der Waals surface area contributed by atoms with Gasteiger partial charge in [0.25, 0.3) is 0 Å². The highest BCUT2D eigenvalue weighted by Crippen LogP contribution is 2.30. The number of ether oxygens (including phenoxy) is 1. The maximum Gasteiger partial charge on any atom is 0.329 e. The lowest BCUT2D eigenvalue weighted by Crippen LogP contribution is -2.39. The van der Waals surface area contributed by atoms with E-state index in [0.29, 0.717) is 24.2 Å². The Bertz CT molecular complexity index is 705. The first-order chi connectivity index (χ1) is 10.6. The third-order valence-electron chi connectivity index (χ3n) is 3.74. The summed E-state index contributed by atoms with van der Waals surface area (Å²) in [6.45, 7) is 4.35. The number of benzene rings is 1. The molecular weight excluding hydrogens is 285 g/mol. The number of anilines is 1. The Morgan fingerprint density at radius 2 is 2.23 bits per heavy atom. The van der Waals surface area contributed by atoms with Gasteiger partial charge in [0.05, 0.1) is 6.10 Å². The van der Waals surface area contributed by atoms with E-state index in [0.717, 1.165) is 6.42 Å². The number of hydrogen-bond acceptors (Lipinski definition) is 5. The Balaban J connectivity index is 1.99. The summed E-state index contributed by atoms with van der Waals surface area (Å²) in [6.07, 6.45) is 2.77. The molecule has 5 nitrogen and oxygen atoms in total. The molecule has 0 saturated carbocycles. The third-order valence-corrected chi connectivity index (χ3v) is 3.74. The standard InChI is InChI=1S/C16H18FN3O2/c1-10(2)22-16(21)13-7-4-8-20(13)15-11-5-3-6-12(17)14(11)18-9-19-15/h3,5-6,9-10,13H,4,7-8H2,1-2H3/t13-/m0/s1. The van der Waals surface area contributed by atoms with E-state index < -0.39 is 0 Å². The summed E-state index contributed by atoms with van der Waals surface area (Å²) in [5.74, 6) is -0.0509. The lowest BCUT2D eigenvalue weighted by molar-refractivity contribution is -0.148. The lowest BCUT2D eigenvalue weighted by atomic mass is 10.2. The number of nitrogens with zero attached hydrogens (tertiary/aromatic N) is 3. The molecule has 6 heteroatoms. The van der Waals surface area contributed by atoms with Gasteiger partial charge in [-0.3, -0.25) is 0 Å². The number of rotatable bonds is 3. The number of fused-ring (bicyclic) bond motifs is 1. The van der Waals surface area contributed by atoms with E-state index >= 15 is 0 Å². The van der Waals surface area contributed by atoms with Crippen LogP contribution in [-0.2, 0) is 9.53 Å². The van der Waals surface area contributed by atoms with Crippen LogP contribution in [0.4, 0.5) is 10.2 Å². The number of aromatic nitrogens is 2. The van der Waals surface area contributed by atoms with Crippen LogP contribution in [0.25, 0.3) is 10.9 Å². The Kier molecular flexibility index (Phi) is 3.92. The maximum atomic E-state index is 13.9. The molecule has 0 bridgehead atoms. The average molecular weight is 303 g/mol. The molecule has 3 rings (SSSR count). The van der Waals surface area contributed by atoms with E-state index in [4.69, 9.17) is 4.74 Å². The first kappa shape index (κ1) is 14.7. The maximum absolute atomic E-state index is 13.9. The van der Waals surface area contributed by atoms with Crippen molar-refractivity contribution in [3.8, 4) is 0 Å². The molecule has 0 amide bonds. The zero-order valence-electron chi connectivity index (χ0n) is 12.6. The highest BCUT2D eigenvalue weighted by Gasteiger charge is 2.34. The summed E-state index contributed by atoms with van der Waals surface area (Å²) in [5.41, 5.74) is 0.273. The van der Waals surface area contributed by atoms with Crippen LogP contribution in [0.5, 0.6) is 0 Å². The quantitative estimate of drug-likeness (QED) is 0.816. The molecule has 1 aromatic heterocycles. The van der Waals surface area contributed by atoms with Crippen molar-refractivity contribution < 1.29 is 13.9 Å². The fourth-order valence-electron chi connectivity index (χ4n) is 2.84. The van der Waals surface area contributed by atoms with Gasteiger partial charge in [-0.2, -0.15) is 0 Å². The minimum absolute atomic E-state index is 0.158. The predicted octanol–water partition coefficient (Wildman–Crippen LogP) is 2.69. The van der Waals surface area contributed by atoms with E-state index in [2.05, 4.69) is 9.97 Å². The molecule has 1 saturated heterocycles. The van der Waals surface area contributed by atoms with Gasteiger partial charge in [0.1, 0.15) is 29.5 Å². The molecule has 0 radical (unpaired) electrons. The van der Waals surface area contributed by atoms with Crippen molar-refractivity contribution in [2.75, 3.05) is 11.4 Å². The van der Waals surface area contributed by atoms with Crippen LogP contribution < -0.4 is 4.90 Å². The summed E-state index contributed by atoms with van der Waals surface area (Å²) in [5, 5.41) is 0.617. The van der Waals surface area contributed by atoms with Crippen molar-refractivity contribution in [2.24, 2.45) is 0 Å². The van der Waals surface area contributed by atoms with Gasteiger partial charge in [-0.1, -0.05) is 6.07 Å².